The zero-order valence-corrected chi connectivity index (χ0v) is 11.1. The molecule has 0 atom stereocenters. The van der Waals surface area contributed by atoms with Gasteiger partial charge >= 0.3 is 0 Å². The fraction of sp³-hybridized carbons (Fsp3) is 0.538. The molecule has 1 aromatic carbocycles. The third-order valence-corrected chi connectivity index (χ3v) is 2.86. The minimum absolute atomic E-state index is 0. The van der Waals surface area contributed by atoms with Gasteiger partial charge in [-0.1, -0.05) is 30.3 Å². The van der Waals surface area contributed by atoms with Crippen molar-refractivity contribution in [2.75, 3.05) is 33.9 Å². The Balaban J connectivity index is 0.00000144. The Labute approximate surface area is 109 Å². The fourth-order valence-electron chi connectivity index (χ4n) is 1.97. The fourth-order valence-corrected chi connectivity index (χ4v) is 1.97. The number of hydrogen-bond donors (Lipinski definition) is 0. The lowest BCUT2D eigenvalue weighted by Gasteiger charge is -2.29. The molecule has 1 fully saturated rings. The van der Waals surface area contributed by atoms with Crippen LogP contribution in [0, 0.1) is 0 Å². The molecule has 0 aromatic heterocycles. The molecule has 0 amide bonds. The number of rotatable bonds is 4. The van der Waals surface area contributed by atoms with Gasteiger partial charge in [0.2, 0.25) is 0 Å². The quantitative estimate of drug-likeness (QED) is 0.679. The molecule has 3 nitrogen and oxygen atoms in total. The lowest BCUT2D eigenvalue weighted by atomic mass is 10.0. The van der Waals surface area contributed by atoms with Crippen LogP contribution in [0.25, 0.3) is 0 Å². The molecule has 1 aromatic rings. The summed E-state index contributed by atoms with van der Waals surface area (Å²) in [5.74, 6) is -0.522. The van der Waals surface area contributed by atoms with Crippen molar-refractivity contribution in [3.8, 4) is 0 Å². The van der Waals surface area contributed by atoms with Gasteiger partial charge in [0.15, 0.2) is 5.79 Å². The zero-order chi connectivity index (χ0) is 11.4. The average Bonchev–Trinajstić information content (AvgIpc) is 2.78. The van der Waals surface area contributed by atoms with Crippen LogP contribution < -0.4 is 12.4 Å². The number of ether oxygens (including phenoxy) is 2. The van der Waals surface area contributed by atoms with Crippen LogP contribution in [-0.2, 0) is 15.3 Å². The van der Waals surface area contributed by atoms with Crippen LogP contribution >= 0.6 is 0 Å². The molecule has 1 aliphatic rings. The second-order valence-corrected chi connectivity index (χ2v) is 4.37. The average molecular weight is 257 g/mol. The van der Waals surface area contributed by atoms with Crippen molar-refractivity contribution in [2.45, 2.75) is 12.2 Å². The predicted octanol–water partition coefficient (Wildman–Crippen LogP) is -1.16. The normalized spacial score (nSPS) is 18.1. The first-order chi connectivity index (χ1) is 7.73. The Morgan fingerprint density at radius 2 is 1.71 bits per heavy atom. The molecular weight excluding hydrogens is 238 g/mol. The van der Waals surface area contributed by atoms with E-state index >= 15 is 0 Å². The SMILES string of the molecule is CN(C)CCC1(c2ccccc2)OCCO1.[Cl-]. The van der Waals surface area contributed by atoms with Gasteiger partial charge < -0.3 is 26.8 Å². The maximum Gasteiger partial charge on any atom is 0.196 e. The number of hydrogen-bond acceptors (Lipinski definition) is 3. The summed E-state index contributed by atoms with van der Waals surface area (Å²) in [5.41, 5.74) is 1.12. The van der Waals surface area contributed by atoms with Gasteiger partial charge in [-0.3, -0.25) is 0 Å². The van der Waals surface area contributed by atoms with E-state index in [2.05, 4.69) is 31.1 Å². The van der Waals surface area contributed by atoms with E-state index in [0.29, 0.717) is 13.2 Å². The van der Waals surface area contributed by atoms with E-state index in [1.807, 2.05) is 18.2 Å². The number of benzene rings is 1. The van der Waals surface area contributed by atoms with E-state index in [4.69, 9.17) is 9.47 Å². The Hall–Kier alpha value is -0.610. The van der Waals surface area contributed by atoms with Crippen molar-refractivity contribution in [1.82, 2.24) is 4.90 Å². The Bertz CT molecular complexity index is 323. The summed E-state index contributed by atoms with van der Waals surface area (Å²) < 4.78 is 11.7. The van der Waals surface area contributed by atoms with E-state index in [0.717, 1.165) is 18.5 Å². The van der Waals surface area contributed by atoms with Crippen LogP contribution in [0.2, 0.25) is 0 Å². The Kier molecular flexibility index (Phi) is 5.40. The van der Waals surface area contributed by atoms with Gasteiger partial charge in [0.1, 0.15) is 0 Å². The molecule has 0 N–H and O–H groups in total. The van der Waals surface area contributed by atoms with E-state index in [9.17, 15) is 0 Å². The molecule has 0 saturated carbocycles. The molecule has 1 heterocycles. The number of halogens is 1. The number of nitrogens with zero attached hydrogens (tertiary/aromatic N) is 1. The van der Waals surface area contributed by atoms with Crippen LogP contribution in [0.5, 0.6) is 0 Å². The largest absolute Gasteiger partial charge is 1.00 e. The van der Waals surface area contributed by atoms with Gasteiger partial charge in [0, 0.05) is 18.5 Å². The maximum atomic E-state index is 5.83. The summed E-state index contributed by atoms with van der Waals surface area (Å²) in [7, 11) is 4.13. The van der Waals surface area contributed by atoms with Crippen molar-refractivity contribution >= 4 is 0 Å². The first-order valence-corrected chi connectivity index (χ1v) is 5.71. The molecule has 0 aliphatic carbocycles. The second kappa shape index (κ2) is 6.36. The van der Waals surface area contributed by atoms with Crippen LogP contribution in [0.4, 0.5) is 0 Å². The lowest BCUT2D eigenvalue weighted by Crippen LogP contribution is -3.00. The van der Waals surface area contributed by atoms with E-state index in [1.54, 1.807) is 0 Å². The van der Waals surface area contributed by atoms with E-state index in [-0.39, 0.29) is 12.4 Å². The Morgan fingerprint density at radius 1 is 1.12 bits per heavy atom. The minimum Gasteiger partial charge on any atom is -1.00 e. The van der Waals surface area contributed by atoms with Crippen molar-refractivity contribution in [1.29, 1.82) is 0 Å². The van der Waals surface area contributed by atoms with Crippen molar-refractivity contribution in [3.05, 3.63) is 35.9 Å². The van der Waals surface area contributed by atoms with Crippen LogP contribution in [0.1, 0.15) is 12.0 Å². The predicted molar refractivity (Wildman–Crippen MR) is 63.2 cm³/mol. The summed E-state index contributed by atoms with van der Waals surface area (Å²) >= 11 is 0. The third kappa shape index (κ3) is 3.42. The first kappa shape index (κ1) is 14.5. The van der Waals surface area contributed by atoms with E-state index < -0.39 is 5.79 Å². The van der Waals surface area contributed by atoms with Gasteiger partial charge in [-0.2, -0.15) is 0 Å². The monoisotopic (exact) mass is 256 g/mol. The summed E-state index contributed by atoms with van der Waals surface area (Å²) in [4.78, 5) is 2.15. The minimum atomic E-state index is -0.522. The van der Waals surface area contributed by atoms with Gasteiger partial charge in [-0.25, -0.2) is 0 Å². The molecule has 0 bridgehead atoms. The standard InChI is InChI=1S/C13H19NO2.ClH/c1-14(2)9-8-13(15-10-11-16-13)12-6-4-3-5-7-12;/h3-7H,8-11H2,1-2H3;1H/p-1. The molecule has 1 aliphatic heterocycles. The molecule has 4 heteroatoms. The van der Waals surface area contributed by atoms with Gasteiger partial charge in [0.25, 0.3) is 0 Å². The smallest absolute Gasteiger partial charge is 0.196 e. The molecule has 0 spiro atoms. The van der Waals surface area contributed by atoms with Crippen LogP contribution in [0.3, 0.4) is 0 Å². The van der Waals surface area contributed by atoms with Gasteiger partial charge in [-0.15, -0.1) is 0 Å². The molecule has 17 heavy (non-hydrogen) atoms. The molecule has 1 saturated heterocycles. The molecule has 0 unspecified atom stereocenters. The van der Waals surface area contributed by atoms with Crippen molar-refractivity contribution in [2.24, 2.45) is 0 Å². The van der Waals surface area contributed by atoms with E-state index in [1.165, 1.54) is 0 Å². The van der Waals surface area contributed by atoms with Crippen molar-refractivity contribution < 1.29 is 21.9 Å². The summed E-state index contributed by atoms with van der Waals surface area (Å²) in [5, 5.41) is 0. The van der Waals surface area contributed by atoms with Gasteiger partial charge in [-0.05, 0) is 14.1 Å². The lowest BCUT2D eigenvalue weighted by molar-refractivity contribution is -0.172. The zero-order valence-electron chi connectivity index (χ0n) is 10.4. The van der Waals surface area contributed by atoms with Crippen molar-refractivity contribution in [3.63, 3.8) is 0 Å². The topological polar surface area (TPSA) is 21.7 Å². The first-order valence-electron chi connectivity index (χ1n) is 5.71. The highest BCUT2D eigenvalue weighted by molar-refractivity contribution is 5.21. The summed E-state index contributed by atoms with van der Waals surface area (Å²) in [6.07, 6.45) is 0.865. The van der Waals surface area contributed by atoms with Gasteiger partial charge in [0.05, 0.1) is 13.2 Å². The van der Waals surface area contributed by atoms with Crippen LogP contribution in [0.15, 0.2) is 30.3 Å². The summed E-state index contributed by atoms with van der Waals surface area (Å²) in [6.45, 7) is 2.32. The highest BCUT2D eigenvalue weighted by Crippen LogP contribution is 2.34. The molecule has 2 rings (SSSR count). The van der Waals surface area contributed by atoms with Crippen LogP contribution in [-0.4, -0.2) is 38.8 Å². The third-order valence-electron chi connectivity index (χ3n) is 2.86. The maximum absolute atomic E-state index is 5.83. The summed E-state index contributed by atoms with van der Waals surface area (Å²) in [6, 6.07) is 10.2. The molecular formula is C13H19ClNO2-. The highest BCUT2D eigenvalue weighted by Gasteiger charge is 2.37. The Morgan fingerprint density at radius 3 is 2.24 bits per heavy atom. The highest BCUT2D eigenvalue weighted by atomic mass is 35.5. The second-order valence-electron chi connectivity index (χ2n) is 4.37. The molecule has 0 radical (unpaired) electrons. The molecule has 96 valence electrons.